The Kier molecular flexibility index (Phi) is 8.21. The van der Waals surface area contributed by atoms with Crippen LogP contribution in [0, 0.1) is 5.82 Å². The Bertz CT molecular complexity index is 1800. The molecule has 1 amide bonds. The number of H-pyrrole nitrogens is 1. The Morgan fingerprint density at radius 1 is 0.976 bits per heavy atom. The molecule has 0 aliphatic heterocycles. The third-order valence-electron chi connectivity index (χ3n) is 6.63. The number of rotatable bonds is 10. The largest absolute Gasteiger partial charge is 0.493 e. The van der Waals surface area contributed by atoms with Gasteiger partial charge in [0.1, 0.15) is 11.3 Å². The van der Waals surface area contributed by atoms with Crippen molar-refractivity contribution in [3.05, 3.63) is 100 Å². The fraction of sp³-hybridized carbons (Fsp3) is 0.194. The molecule has 2 aromatic heterocycles. The SMILES string of the molecule is COc1cc2nccc(Oc3ccc(NC(=O)c4c(CCN(C)C)[nH]n(-c5ccccc5)c4=O)cc3F)c2cc1OC. The highest BCUT2D eigenvalue weighted by Crippen LogP contribution is 2.37. The smallest absolute Gasteiger partial charge is 0.284 e. The lowest BCUT2D eigenvalue weighted by Crippen LogP contribution is -2.25. The Morgan fingerprint density at radius 2 is 1.71 bits per heavy atom. The number of benzene rings is 3. The molecule has 10 nitrogen and oxygen atoms in total. The van der Waals surface area contributed by atoms with Crippen molar-refractivity contribution in [1.82, 2.24) is 19.7 Å². The van der Waals surface area contributed by atoms with E-state index >= 15 is 4.39 Å². The van der Waals surface area contributed by atoms with Gasteiger partial charge < -0.3 is 24.4 Å². The van der Waals surface area contributed by atoms with E-state index in [1.807, 2.05) is 25.1 Å². The number of likely N-dealkylation sites (N-methyl/N-ethyl adjacent to an activating group) is 1. The number of hydrogen-bond donors (Lipinski definition) is 2. The average molecular weight is 572 g/mol. The molecule has 0 aliphatic rings. The molecule has 2 heterocycles. The summed E-state index contributed by atoms with van der Waals surface area (Å²) in [7, 11) is 6.85. The molecule has 0 saturated heterocycles. The van der Waals surface area contributed by atoms with Crippen LogP contribution in [0.1, 0.15) is 16.1 Å². The molecule has 0 saturated carbocycles. The molecule has 0 bridgehead atoms. The fourth-order valence-corrected chi connectivity index (χ4v) is 4.50. The molecule has 0 aliphatic carbocycles. The highest BCUT2D eigenvalue weighted by molar-refractivity contribution is 6.05. The first-order valence-corrected chi connectivity index (χ1v) is 13.1. The summed E-state index contributed by atoms with van der Waals surface area (Å²) in [5.74, 6) is -0.0760. The van der Waals surface area contributed by atoms with Gasteiger partial charge in [0.25, 0.3) is 11.5 Å². The Labute approximate surface area is 241 Å². The number of methoxy groups -OCH3 is 2. The molecule has 0 spiro atoms. The number of fused-ring (bicyclic) bond motifs is 1. The minimum Gasteiger partial charge on any atom is -0.493 e. The molecular weight excluding hydrogens is 541 g/mol. The predicted molar refractivity (Wildman–Crippen MR) is 158 cm³/mol. The first-order chi connectivity index (χ1) is 20.3. The summed E-state index contributed by atoms with van der Waals surface area (Å²) in [5, 5.41) is 6.32. The van der Waals surface area contributed by atoms with Crippen LogP contribution in [0.4, 0.5) is 10.1 Å². The Balaban J connectivity index is 1.41. The molecule has 11 heteroatoms. The number of para-hydroxylation sites is 1. The van der Waals surface area contributed by atoms with E-state index in [4.69, 9.17) is 14.2 Å². The van der Waals surface area contributed by atoms with Crippen LogP contribution in [0.25, 0.3) is 16.6 Å². The van der Waals surface area contributed by atoms with Crippen LogP contribution in [-0.2, 0) is 6.42 Å². The molecule has 0 radical (unpaired) electrons. The molecule has 0 fully saturated rings. The summed E-state index contributed by atoms with van der Waals surface area (Å²) in [5.41, 5.74) is 1.29. The molecule has 42 heavy (non-hydrogen) atoms. The van der Waals surface area contributed by atoms with Gasteiger partial charge in [-0.2, -0.15) is 0 Å². The highest BCUT2D eigenvalue weighted by Gasteiger charge is 2.23. The summed E-state index contributed by atoms with van der Waals surface area (Å²) in [6.07, 6.45) is 1.98. The highest BCUT2D eigenvalue weighted by atomic mass is 19.1. The second kappa shape index (κ2) is 12.1. The number of aromatic amines is 1. The molecule has 3 aromatic carbocycles. The van der Waals surface area contributed by atoms with Gasteiger partial charge in [0.05, 0.1) is 31.1 Å². The summed E-state index contributed by atoms with van der Waals surface area (Å²) < 4.78 is 33.2. The third kappa shape index (κ3) is 5.81. The van der Waals surface area contributed by atoms with Gasteiger partial charge in [0, 0.05) is 42.4 Å². The van der Waals surface area contributed by atoms with Crippen molar-refractivity contribution in [2.75, 3.05) is 40.2 Å². The number of carbonyl (C=O) groups is 1. The quantitative estimate of drug-likeness (QED) is 0.242. The molecule has 2 N–H and O–H groups in total. The van der Waals surface area contributed by atoms with Crippen LogP contribution >= 0.6 is 0 Å². The number of carbonyl (C=O) groups excluding carboxylic acids is 1. The van der Waals surface area contributed by atoms with Gasteiger partial charge in [0.15, 0.2) is 23.1 Å². The van der Waals surface area contributed by atoms with E-state index in [0.717, 1.165) is 6.07 Å². The lowest BCUT2D eigenvalue weighted by molar-refractivity contribution is 0.102. The maximum atomic E-state index is 15.2. The van der Waals surface area contributed by atoms with E-state index in [2.05, 4.69) is 15.4 Å². The summed E-state index contributed by atoms with van der Waals surface area (Å²) in [6.45, 7) is 0.609. The van der Waals surface area contributed by atoms with Crippen LogP contribution in [0.5, 0.6) is 23.0 Å². The van der Waals surface area contributed by atoms with Crippen molar-refractivity contribution in [3.63, 3.8) is 0 Å². The zero-order chi connectivity index (χ0) is 29.8. The number of aromatic nitrogens is 3. The van der Waals surface area contributed by atoms with Gasteiger partial charge in [-0.3, -0.25) is 19.7 Å². The van der Waals surface area contributed by atoms with Crippen molar-refractivity contribution in [2.24, 2.45) is 0 Å². The van der Waals surface area contributed by atoms with Crippen molar-refractivity contribution < 1.29 is 23.4 Å². The lowest BCUT2D eigenvalue weighted by atomic mass is 10.1. The number of ether oxygens (including phenoxy) is 3. The third-order valence-corrected chi connectivity index (χ3v) is 6.63. The van der Waals surface area contributed by atoms with Gasteiger partial charge in [-0.25, -0.2) is 9.07 Å². The second-order valence-electron chi connectivity index (χ2n) is 9.73. The van der Waals surface area contributed by atoms with Crippen LogP contribution < -0.4 is 25.1 Å². The number of amides is 1. The van der Waals surface area contributed by atoms with Crippen LogP contribution in [0.15, 0.2) is 77.7 Å². The van der Waals surface area contributed by atoms with Gasteiger partial charge in [-0.05, 0) is 50.5 Å². The number of halogens is 1. The zero-order valence-corrected chi connectivity index (χ0v) is 23.6. The fourth-order valence-electron chi connectivity index (χ4n) is 4.50. The van der Waals surface area contributed by atoms with E-state index in [9.17, 15) is 9.59 Å². The van der Waals surface area contributed by atoms with Crippen LogP contribution in [0.3, 0.4) is 0 Å². The number of nitrogens with zero attached hydrogens (tertiary/aromatic N) is 3. The van der Waals surface area contributed by atoms with E-state index in [-0.39, 0.29) is 17.0 Å². The van der Waals surface area contributed by atoms with Crippen molar-refractivity contribution in [1.29, 1.82) is 0 Å². The van der Waals surface area contributed by atoms with Crippen LogP contribution in [0.2, 0.25) is 0 Å². The minimum atomic E-state index is -0.707. The topological polar surface area (TPSA) is 111 Å². The summed E-state index contributed by atoms with van der Waals surface area (Å²) >= 11 is 0. The number of pyridine rings is 1. The van der Waals surface area contributed by atoms with Gasteiger partial charge >= 0.3 is 0 Å². The lowest BCUT2D eigenvalue weighted by Gasteiger charge is -2.13. The summed E-state index contributed by atoms with van der Waals surface area (Å²) in [6, 6.07) is 18.0. The zero-order valence-electron chi connectivity index (χ0n) is 23.6. The van der Waals surface area contributed by atoms with Gasteiger partial charge in [0.2, 0.25) is 0 Å². The average Bonchev–Trinajstić information content (AvgIpc) is 3.33. The molecule has 216 valence electrons. The number of nitrogens with one attached hydrogen (secondary N) is 2. The normalized spacial score (nSPS) is 11.1. The number of anilines is 1. The van der Waals surface area contributed by atoms with E-state index in [0.29, 0.717) is 52.5 Å². The maximum Gasteiger partial charge on any atom is 0.284 e. The van der Waals surface area contributed by atoms with Crippen molar-refractivity contribution in [2.45, 2.75) is 6.42 Å². The van der Waals surface area contributed by atoms with E-state index in [1.54, 1.807) is 48.7 Å². The first-order valence-electron chi connectivity index (χ1n) is 13.1. The van der Waals surface area contributed by atoms with E-state index < -0.39 is 17.3 Å². The van der Waals surface area contributed by atoms with Crippen molar-refractivity contribution in [3.8, 4) is 28.7 Å². The predicted octanol–water partition coefficient (Wildman–Crippen LogP) is 5.02. The van der Waals surface area contributed by atoms with Gasteiger partial charge in [-0.15, -0.1) is 0 Å². The molecule has 5 rings (SSSR count). The monoisotopic (exact) mass is 571 g/mol. The Morgan fingerprint density at radius 3 is 2.40 bits per heavy atom. The summed E-state index contributed by atoms with van der Waals surface area (Å²) in [4.78, 5) is 33.0. The van der Waals surface area contributed by atoms with Crippen molar-refractivity contribution >= 4 is 22.5 Å². The second-order valence-corrected chi connectivity index (χ2v) is 9.73. The minimum absolute atomic E-state index is 0.0333. The first kappa shape index (κ1) is 28.4. The van der Waals surface area contributed by atoms with Crippen LogP contribution in [-0.4, -0.2) is 60.4 Å². The number of hydrogen-bond acceptors (Lipinski definition) is 7. The molecule has 5 aromatic rings. The van der Waals surface area contributed by atoms with Gasteiger partial charge in [-0.1, -0.05) is 18.2 Å². The molecule has 0 unspecified atom stereocenters. The Hall–Kier alpha value is -5.16. The van der Waals surface area contributed by atoms with E-state index in [1.165, 1.54) is 31.0 Å². The standard InChI is InChI=1S/C31H30FN5O5/c1-36(2)15-13-23-29(31(39)37(35-23)20-8-6-5-7-9-20)30(38)34-19-10-11-26(22(32)16-19)42-25-12-14-33-24-18-28(41-4)27(40-3)17-21(24)25/h5-12,14,16-18,35H,13,15H2,1-4H3,(H,34,38). The maximum absolute atomic E-state index is 15.2. The molecule has 0 atom stereocenters. The molecular formula is C31H30FN5O5.